The molecule has 7 nitrogen and oxygen atoms in total. The monoisotopic (exact) mass is 456 g/mol. The number of nitrogens with one attached hydrogen (secondary N) is 2. The molecule has 3 rings (SSSR count). The molecule has 0 atom stereocenters. The van der Waals surface area contributed by atoms with E-state index in [0.717, 1.165) is 30.5 Å². The van der Waals surface area contributed by atoms with Crippen LogP contribution in [0.3, 0.4) is 0 Å². The fraction of sp³-hybridized carbons (Fsp3) is 0.263. The Bertz CT molecular complexity index is 1050. The molecule has 1 amide bonds. The molecule has 10 heteroatoms. The Hall–Kier alpha value is -2.13. The lowest BCUT2D eigenvalue weighted by atomic mass is 10.2. The number of carbonyl (C=O) groups is 2. The van der Waals surface area contributed by atoms with Gasteiger partial charge < -0.3 is 10.1 Å². The van der Waals surface area contributed by atoms with Crippen LogP contribution in [0.5, 0.6) is 0 Å². The highest BCUT2D eigenvalue weighted by atomic mass is 35.5. The van der Waals surface area contributed by atoms with Gasteiger partial charge in [0.15, 0.2) is 6.61 Å². The minimum Gasteiger partial charge on any atom is -0.452 e. The summed E-state index contributed by atoms with van der Waals surface area (Å²) in [6.45, 7) is 1.35. The maximum Gasteiger partial charge on any atom is 0.340 e. The number of carbonyl (C=O) groups excluding carboxylic acids is 2. The van der Waals surface area contributed by atoms with Gasteiger partial charge in [-0.05, 0) is 44.0 Å². The summed E-state index contributed by atoms with van der Waals surface area (Å²) < 4.78 is 32.3. The van der Waals surface area contributed by atoms with Gasteiger partial charge in [-0.2, -0.15) is 0 Å². The molecule has 1 saturated carbocycles. The number of rotatable bonds is 7. The van der Waals surface area contributed by atoms with Crippen molar-refractivity contribution in [1.29, 1.82) is 0 Å². The molecule has 0 radical (unpaired) electrons. The lowest BCUT2D eigenvalue weighted by Gasteiger charge is -2.11. The Kier molecular flexibility index (Phi) is 6.48. The number of ether oxygens (including phenoxy) is 1. The van der Waals surface area contributed by atoms with Crippen molar-refractivity contribution >= 4 is 50.8 Å². The molecule has 0 spiro atoms. The third-order valence-corrected chi connectivity index (χ3v) is 6.40. The van der Waals surface area contributed by atoms with E-state index in [1.54, 1.807) is 12.1 Å². The van der Waals surface area contributed by atoms with Crippen molar-refractivity contribution in [2.75, 3.05) is 11.9 Å². The first-order valence-corrected chi connectivity index (χ1v) is 10.9. The van der Waals surface area contributed by atoms with Crippen molar-refractivity contribution in [3.05, 3.63) is 57.6 Å². The highest BCUT2D eigenvalue weighted by Gasteiger charge is 2.30. The van der Waals surface area contributed by atoms with Crippen LogP contribution in [0.4, 0.5) is 5.69 Å². The molecule has 1 aliphatic carbocycles. The van der Waals surface area contributed by atoms with Gasteiger partial charge in [-0.3, -0.25) is 4.79 Å². The van der Waals surface area contributed by atoms with Crippen LogP contribution >= 0.6 is 23.2 Å². The lowest BCUT2D eigenvalue weighted by Crippen LogP contribution is -2.26. The van der Waals surface area contributed by atoms with E-state index in [9.17, 15) is 18.0 Å². The molecule has 0 unspecified atom stereocenters. The van der Waals surface area contributed by atoms with Gasteiger partial charge >= 0.3 is 5.97 Å². The number of anilines is 1. The first-order valence-electron chi connectivity index (χ1n) is 8.71. The summed E-state index contributed by atoms with van der Waals surface area (Å²) in [5.41, 5.74) is 1.39. The number of halogens is 2. The number of esters is 1. The second-order valence-electron chi connectivity index (χ2n) is 6.65. The van der Waals surface area contributed by atoms with Crippen molar-refractivity contribution in [1.82, 2.24) is 4.72 Å². The molecular formula is C19H18Cl2N2O5S. The highest BCUT2D eigenvalue weighted by molar-refractivity contribution is 7.89. The van der Waals surface area contributed by atoms with E-state index in [0.29, 0.717) is 5.69 Å². The minimum absolute atomic E-state index is 0.0793. The predicted octanol–water partition coefficient (Wildman–Crippen LogP) is 3.54. The second kappa shape index (κ2) is 8.71. The molecule has 0 heterocycles. The van der Waals surface area contributed by atoms with E-state index in [1.165, 1.54) is 0 Å². The minimum atomic E-state index is -3.90. The first-order chi connectivity index (χ1) is 13.7. The Morgan fingerprint density at radius 2 is 1.76 bits per heavy atom. The van der Waals surface area contributed by atoms with Crippen molar-refractivity contribution in [3.8, 4) is 0 Å². The molecular weight excluding hydrogens is 439 g/mol. The van der Waals surface area contributed by atoms with Gasteiger partial charge in [0.1, 0.15) is 4.90 Å². The molecule has 2 aromatic rings. The molecule has 0 saturated heterocycles. The number of benzene rings is 2. The van der Waals surface area contributed by atoms with Gasteiger partial charge in [0.25, 0.3) is 5.91 Å². The summed E-state index contributed by atoms with van der Waals surface area (Å²) in [6, 6.07) is 9.17. The Morgan fingerprint density at radius 3 is 2.38 bits per heavy atom. The fourth-order valence-corrected chi connectivity index (χ4v) is 4.57. The predicted molar refractivity (Wildman–Crippen MR) is 110 cm³/mol. The average Bonchev–Trinajstić information content (AvgIpc) is 3.44. The summed E-state index contributed by atoms with van der Waals surface area (Å²) in [6.07, 6.45) is 1.49. The van der Waals surface area contributed by atoms with Crippen molar-refractivity contribution in [2.24, 2.45) is 0 Å². The van der Waals surface area contributed by atoms with E-state index < -0.39 is 28.5 Å². The van der Waals surface area contributed by atoms with Crippen LogP contribution in [0, 0.1) is 6.92 Å². The van der Waals surface area contributed by atoms with Crippen LogP contribution in [0.1, 0.15) is 28.8 Å². The maximum atomic E-state index is 12.4. The van der Waals surface area contributed by atoms with Crippen LogP contribution in [0.2, 0.25) is 10.0 Å². The Morgan fingerprint density at radius 1 is 1.10 bits per heavy atom. The van der Waals surface area contributed by atoms with Crippen molar-refractivity contribution < 1.29 is 22.7 Å². The van der Waals surface area contributed by atoms with Gasteiger partial charge in [-0.1, -0.05) is 40.9 Å². The quantitative estimate of drug-likeness (QED) is 0.620. The molecule has 2 N–H and O–H groups in total. The SMILES string of the molecule is Cc1ccc(NC(=O)COC(=O)c2cc(S(=O)(=O)NC3CC3)c(Cl)cc2Cl)cc1. The number of hydrogen-bond donors (Lipinski definition) is 2. The summed E-state index contributed by atoms with van der Waals surface area (Å²) in [4.78, 5) is 24.1. The smallest absolute Gasteiger partial charge is 0.340 e. The van der Waals surface area contributed by atoms with Crippen LogP contribution in [0.25, 0.3) is 0 Å². The topological polar surface area (TPSA) is 102 Å². The third kappa shape index (κ3) is 5.70. The molecule has 0 aromatic heterocycles. The van der Waals surface area contributed by atoms with Gasteiger partial charge in [-0.15, -0.1) is 0 Å². The van der Waals surface area contributed by atoms with Crippen LogP contribution < -0.4 is 10.0 Å². The van der Waals surface area contributed by atoms with E-state index in [2.05, 4.69) is 10.0 Å². The standard InChI is InChI=1S/C19H18Cl2N2O5S/c1-11-2-4-12(5-3-11)22-18(24)10-28-19(25)14-8-17(16(21)9-15(14)20)29(26,27)23-13-6-7-13/h2-5,8-9,13,23H,6-7,10H2,1H3,(H,22,24). The van der Waals surface area contributed by atoms with Gasteiger partial charge in [-0.25, -0.2) is 17.9 Å². The fourth-order valence-electron chi connectivity index (χ4n) is 2.42. The van der Waals surface area contributed by atoms with Gasteiger partial charge in [0, 0.05) is 11.7 Å². The molecule has 1 aliphatic rings. The third-order valence-electron chi connectivity index (χ3n) is 4.10. The van der Waals surface area contributed by atoms with Gasteiger partial charge in [0.05, 0.1) is 15.6 Å². The second-order valence-corrected chi connectivity index (χ2v) is 9.15. The zero-order valence-electron chi connectivity index (χ0n) is 15.4. The zero-order chi connectivity index (χ0) is 21.2. The van der Waals surface area contributed by atoms with Crippen molar-refractivity contribution in [3.63, 3.8) is 0 Å². The molecule has 1 fully saturated rings. The highest BCUT2D eigenvalue weighted by Crippen LogP contribution is 2.31. The molecule has 2 aromatic carbocycles. The number of sulfonamides is 1. The summed E-state index contributed by atoms with van der Waals surface area (Å²) in [5.74, 6) is -1.48. The summed E-state index contributed by atoms with van der Waals surface area (Å²) in [5, 5.41) is 2.39. The average molecular weight is 457 g/mol. The molecule has 154 valence electrons. The summed E-state index contributed by atoms with van der Waals surface area (Å²) in [7, 11) is -3.90. The largest absolute Gasteiger partial charge is 0.452 e. The number of hydrogen-bond acceptors (Lipinski definition) is 5. The molecule has 0 bridgehead atoms. The first kappa shape index (κ1) is 21.6. The lowest BCUT2D eigenvalue weighted by molar-refractivity contribution is -0.119. The van der Waals surface area contributed by atoms with E-state index >= 15 is 0 Å². The van der Waals surface area contributed by atoms with E-state index in [4.69, 9.17) is 27.9 Å². The van der Waals surface area contributed by atoms with Crippen LogP contribution in [-0.2, 0) is 19.6 Å². The van der Waals surface area contributed by atoms with Crippen molar-refractivity contribution in [2.45, 2.75) is 30.7 Å². The molecule has 29 heavy (non-hydrogen) atoms. The zero-order valence-corrected chi connectivity index (χ0v) is 17.7. The number of amides is 1. The Balaban J connectivity index is 1.69. The van der Waals surface area contributed by atoms with Gasteiger partial charge in [0.2, 0.25) is 10.0 Å². The van der Waals surface area contributed by atoms with Crippen LogP contribution in [-0.4, -0.2) is 32.9 Å². The normalized spacial score (nSPS) is 13.8. The van der Waals surface area contributed by atoms with E-state index in [-0.39, 0.29) is 26.5 Å². The molecule has 0 aliphatic heterocycles. The Labute approximate surface area is 178 Å². The van der Waals surface area contributed by atoms with Crippen LogP contribution in [0.15, 0.2) is 41.3 Å². The number of aryl methyl sites for hydroxylation is 1. The summed E-state index contributed by atoms with van der Waals surface area (Å²) >= 11 is 12.0. The maximum absolute atomic E-state index is 12.4. The van der Waals surface area contributed by atoms with E-state index in [1.807, 2.05) is 19.1 Å².